The van der Waals surface area contributed by atoms with Crippen LogP contribution in [0.25, 0.3) is 0 Å². The molecule has 2 N–H and O–H groups in total. The van der Waals surface area contributed by atoms with Crippen molar-refractivity contribution in [3.63, 3.8) is 0 Å². The molecule has 2 rings (SSSR count). The summed E-state index contributed by atoms with van der Waals surface area (Å²) >= 11 is 1.28. The standard InChI is InChI=1S/C12H12N4O3S/c1-13-11(19)8-2-3-10(18)16(6-8)7-9(17)15-12-14-4-5-20-12/h2-6H,7H2,1H3,(H,13,19)(H,14,15,17). The van der Waals surface area contributed by atoms with Crippen LogP contribution in [-0.2, 0) is 11.3 Å². The maximum Gasteiger partial charge on any atom is 0.252 e. The molecule has 8 heteroatoms. The van der Waals surface area contributed by atoms with Gasteiger partial charge in [-0.25, -0.2) is 4.98 Å². The summed E-state index contributed by atoms with van der Waals surface area (Å²) < 4.78 is 1.17. The van der Waals surface area contributed by atoms with Gasteiger partial charge in [0.15, 0.2) is 5.13 Å². The van der Waals surface area contributed by atoms with Gasteiger partial charge in [0.25, 0.3) is 11.5 Å². The van der Waals surface area contributed by atoms with E-state index in [1.54, 1.807) is 11.6 Å². The molecule has 2 aromatic rings. The zero-order valence-electron chi connectivity index (χ0n) is 10.6. The van der Waals surface area contributed by atoms with Crippen LogP contribution in [0.3, 0.4) is 0 Å². The maximum absolute atomic E-state index is 11.8. The predicted octanol–water partition coefficient (Wildman–Crippen LogP) is 0.303. The van der Waals surface area contributed by atoms with Gasteiger partial charge in [0.1, 0.15) is 6.54 Å². The van der Waals surface area contributed by atoms with E-state index in [-0.39, 0.29) is 23.9 Å². The molecule has 0 saturated carbocycles. The Morgan fingerprint density at radius 2 is 2.20 bits per heavy atom. The number of rotatable bonds is 4. The summed E-state index contributed by atoms with van der Waals surface area (Å²) in [7, 11) is 1.49. The molecule has 7 nitrogen and oxygen atoms in total. The number of pyridine rings is 1. The number of nitrogens with zero attached hydrogens (tertiary/aromatic N) is 2. The molecule has 0 radical (unpaired) electrons. The van der Waals surface area contributed by atoms with Crippen molar-refractivity contribution in [2.45, 2.75) is 6.54 Å². The average molecular weight is 292 g/mol. The Hall–Kier alpha value is -2.48. The molecule has 0 aliphatic carbocycles. The number of anilines is 1. The van der Waals surface area contributed by atoms with Gasteiger partial charge in [0.2, 0.25) is 5.91 Å². The fourth-order valence-corrected chi connectivity index (χ4v) is 2.08. The first kappa shape index (κ1) is 13.9. The molecule has 0 fully saturated rings. The van der Waals surface area contributed by atoms with Gasteiger partial charge in [-0.2, -0.15) is 0 Å². The van der Waals surface area contributed by atoms with Crippen molar-refractivity contribution in [2.24, 2.45) is 0 Å². The zero-order chi connectivity index (χ0) is 14.5. The fourth-order valence-electron chi connectivity index (χ4n) is 1.53. The monoisotopic (exact) mass is 292 g/mol. The van der Waals surface area contributed by atoms with Crippen molar-refractivity contribution in [2.75, 3.05) is 12.4 Å². The second-order valence-corrected chi connectivity index (χ2v) is 4.74. The van der Waals surface area contributed by atoms with Crippen LogP contribution >= 0.6 is 11.3 Å². The highest BCUT2D eigenvalue weighted by molar-refractivity contribution is 7.13. The molecule has 0 saturated heterocycles. The van der Waals surface area contributed by atoms with Crippen molar-refractivity contribution in [3.05, 3.63) is 45.8 Å². The summed E-state index contributed by atoms with van der Waals surface area (Å²) in [4.78, 5) is 38.8. The Kier molecular flexibility index (Phi) is 4.26. The van der Waals surface area contributed by atoms with Crippen LogP contribution in [0.1, 0.15) is 10.4 Å². The minimum absolute atomic E-state index is 0.177. The first-order chi connectivity index (χ1) is 9.60. The van der Waals surface area contributed by atoms with Gasteiger partial charge in [-0.1, -0.05) is 0 Å². The molecule has 0 aromatic carbocycles. The second-order valence-electron chi connectivity index (χ2n) is 3.85. The van der Waals surface area contributed by atoms with Crippen LogP contribution in [-0.4, -0.2) is 28.4 Å². The number of carbonyl (C=O) groups is 2. The number of hydrogen-bond acceptors (Lipinski definition) is 5. The third-order valence-corrected chi connectivity index (χ3v) is 3.15. The highest BCUT2D eigenvalue weighted by Crippen LogP contribution is 2.09. The Morgan fingerprint density at radius 3 is 2.85 bits per heavy atom. The first-order valence-corrected chi connectivity index (χ1v) is 6.60. The number of hydrogen-bond donors (Lipinski definition) is 2. The topological polar surface area (TPSA) is 93.1 Å². The van der Waals surface area contributed by atoms with Gasteiger partial charge < -0.3 is 15.2 Å². The van der Waals surface area contributed by atoms with E-state index >= 15 is 0 Å². The Bertz CT molecular complexity index is 678. The third kappa shape index (κ3) is 3.29. The largest absolute Gasteiger partial charge is 0.355 e. The molecular formula is C12H12N4O3S. The molecule has 2 aromatic heterocycles. The minimum atomic E-state index is -0.379. The van der Waals surface area contributed by atoms with Gasteiger partial charge in [0, 0.05) is 30.9 Å². The molecule has 0 aliphatic heterocycles. The predicted molar refractivity (Wildman–Crippen MR) is 74.8 cm³/mol. The molecule has 0 unspecified atom stereocenters. The second kappa shape index (κ2) is 6.11. The van der Waals surface area contributed by atoms with Crippen LogP contribution in [0.4, 0.5) is 5.13 Å². The number of thiazole rings is 1. The summed E-state index contributed by atoms with van der Waals surface area (Å²) in [5.41, 5.74) is -0.0407. The van der Waals surface area contributed by atoms with Gasteiger partial charge in [-0.15, -0.1) is 11.3 Å². The van der Waals surface area contributed by atoms with Gasteiger partial charge >= 0.3 is 0 Å². The number of nitrogens with one attached hydrogen (secondary N) is 2. The van der Waals surface area contributed by atoms with E-state index < -0.39 is 0 Å². The highest BCUT2D eigenvalue weighted by Gasteiger charge is 2.09. The quantitative estimate of drug-likeness (QED) is 0.847. The lowest BCUT2D eigenvalue weighted by Gasteiger charge is -2.07. The Balaban J connectivity index is 2.14. The van der Waals surface area contributed by atoms with Crippen LogP contribution in [0.2, 0.25) is 0 Å². The molecule has 2 heterocycles. The SMILES string of the molecule is CNC(=O)c1ccc(=O)n(CC(=O)Nc2nccs2)c1. The lowest BCUT2D eigenvalue weighted by molar-refractivity contribution is -0.116. The molecule has 0 atom stereocenters. The van der Waals surface area contributed by atoms with Crippen LogP contribution in [0, 0.1) is 0 Å². The normalized spacial score (nSPS) is 10.1. The summed E-state index contributed by atoms with van der Waals surface area (Å²) in [5.74, 6) is -0.699. The van der Waals surface area contributed by atoms with E-state index in [0.29, 0.717) is 10.7 Å². The first-order valence-electron chi connectivity index (χ1n) is 5.72. The van der Waals surface area contributed by atoms with Gasteiger partial charge in [-0.3, -0.25) is 14.4 Å². The van der Waals surface area contributed by atoms with Crippen molar-refractivity contribution >= 4 is 28.3 Å². The minimum Gasteiger partial charge on any atom is -0.355 e. The average Bonchev–Trinajstić information content (AvgIpc) is 2.93. The van der Waals surface area contributed by atoms with Crippen LogP contribution in [0.15, 0.2) is 34.7 Å². The van der Waals surface area contributed by atoms with E-state index in [1.165, 1.54) is 41.3 Å². The van der Waals surface area contributed by atoms with E-state index in [1.807, 2.05) is 0 Å². The molecule has 0 bridgehead atoms. The summed E-state index contributed by atoms with van der Waals surface area (Å²) in [6.45, 7) is -0.177. The molecule has 20 heavy (non-hydrogen) atoms. The van der Waals surface area contributed by atoms with E-state index in [9.17, 15) is 14.4 Å². The van der Waals surface area contributed by atoms with Gasteiger partial charge in [-0.05, 0) is 6.07 Å². The van der Waals surface area contributed by atoms with Crippen LogP contribution < -0.4 is 16.2 Å². The smallest absolute Gasteiger partial charge is 0.252 e. The highest BCUT2D eigenvalue weighted by atomic mass is 32.1. The van der Waals surface area contributed by atoms with Crippen molar-refractivity contribution in [1.82, 2.24) is 14.9 Å². The van der Waals surface area contributed by atoms with E-state index in [0.717, 1.165) is 0 Å². The van der Waals surface area contributed by atoms with Crippen molar-refractivity contribution < 1.29 is 9.59 Å². The van der Waals surface area contributed by atoms with E-state index in [2.05, 4.69) is 15.6 Å². The maximum atomic E-state index is 11.8. The Labute approximate surface area is 118 Å². The molecule has 2 amide bonds. The molecular weight excluding hydrogens is 280 g/mol. The zero-order valence-corrected chi connectivity index (χ0v) is 11.4. The van der Waals surface area contributed by atoms with Crippen LogP contribution in [0.5, 0.6) is 0 Å². The molecule has 0 spiro atoms. The number of aromatic nitrogens is 2. The third-order valence-electron chi connectivity index (χ3n) is 2.47. The molecule has 104 valence electrons. The lowest BCUT2D eigenvalue weighted by Crippen LogP contribution is -2.28. The van der Waals surface area contributed by atoms with Crippen molar-refractivity contribution in [3.8, 4) is 0 Å². The summed E-state index contributed by atoms with van der Waals surface area (Å²) in [5, 5.41) is 7.22. The Morgan fingerprint density at radius 1 is 1.40 bits per heavy atom. The lowest BCUT2D eigenvalue weighted by atomic mass is 10.2. The molecule has 0 aliphatic rings. The fraction of sp³-hybridized carbons (Fsp3) is 0.167. The van der Waals surface area contributed by atoms with Crippen molar-refractivity contribution in [1.29, 1.82) is 0 Å². The number of amides is 2. The van der Waals surface area contributed by atoms with Gasteiger partial charge in [0.05, 0.1) is 5.56 Å². The number of carbonyl (C=O) groups excluding carboxylic acids is 2. The summed E-state index contributed by atoms with van der Waals surface area (Å²) in [6.07, 6.45) is 2.92. The van der Waals surface area contributed by atoms with E-state index in [4.69, 9.17) is 0 Å². The summed E-state index contributed by atoms with van der Waals surface area (Å²) in [6, 6.07) is 2.66.